The topological polar surface area (TPSA) is 177 Å². The molecular formula is C34H38F2N6O8. The standard InChI is InChI=1S/C34H38F2N6O8/c1-20-31(44)41-25(14-21-8-5-4-6-9-21)33(46)38-11-12-42(34(47)29-24(36)17-23(35)18-39-29)19-28(43)37-10-7-13-50-30-26(48-2)15-22(32(45)40-20)16-27(30)49-3/h4-6,8-9,15-18,20,25H,7,10-14,19H2,1-3H3,(H,37,43)(H,38,46)(H,40,45)(H,41,44)/t20-,25+/m0/s1. The van der Waals surface area contributed by atoms with Crippen molar-refractivity contribution in [2.75, 3.05) is 47.0 Å². The lowest BCUT2D eigenvalue weighted by atomic mass is 10.0. The molecular weight excluding hydrogens is 658 g/mol. The van der Waals surface area contributed by atoms with Gasteiger partial charge in [-0.2, -0.15) is 0 Å². The van der Waals surface area contributed by atoms with Crippen molar-refractivity contribution in [2.24, 2.45) is 0 Å². The van der Waals surface area contributed by atoms with Crippen molar-refractivity contribution in [3.8, 4) is 17.2 Å². The monoisotopic (exact) mass is 696 g/mol. The lowest BCUT2D eigenvalue weighted by Gasteiger charge is -2.24. The minimum absolute atomic E-state index is 0.0741. The van der Waals surface area contributed by atoms with Gasteiger partial charge in [-0.05, 0) is 31.0 Å². The molecule has 16 heteroatoms. The Morgan fingerprint density at radius 3 is 2.32 bits per heavy atom. The SMILES string of the molecule is COc1cc2cc(OC)c1OCCCNC(=O)CN(C(=O)c1ncc(F)cc1F)CCNC(=O)[C@@H](Cc1ccccc1)NC(=O)[C@H](C)NC2=O. The summed E-state index contributed by atoms with van der Waals surface area (Å²) in [6.45, 7) is 0.628. The fourth-order valence-electron chi connectivity index (χ4n) is 4.97. The Bertz CT molecular complexity index is 1690. The predicted molar refractivity (Wildman–Crippen MR) is 175 cm³/mol. The van der Waals surface area contributed by atoms with Crippen molar-refractivity contribution in [1.82, 2.24) is 31.2 Å². The third kappa shape index (κ3) is 9.87. The fourth-order valence-corrected chi connectivity index (χ4v) is 4.97. The zero-order chi connectivity index (χ0) is 36.2. The van der Waals surface area contributed by atoms with E-state index in [1.807, 2.05) is 0 Å². The third-order valence-electron chi connectivity index (χ3n) is 7.58. The number of amides is 5. The second kappa shape index (κ2) is 17.6. The first kappa shape index (κ1) is 37.0. The number of pyridine rings is 1. The molecule has 0 fully saturated rings. The molecule has 0 radical (unpaired) electrons. The van der Waals surface area contributed by atoms with Gasteiger partial charge in [0.25, 0.3) is 11.8 Å². The molecule has 3 aromatic rings. The molecule has 50 heavy (non-hydrogen) atoms. The summed E-state index contributed by atoms with van der Waals surface area (Å²) < 4.78 is 44.7. The van der Waals surface area contributed by atoms with Crippen molar-refractivity contribution in [3.05, 3.63) is 83.2 Å². The molecule has 5 amide bonds. The van der Waals surface area contributed by atoms with E-state index in [9.17, 15) is 32.8 Å². The molecule has 0 saturated heterocycles. The van der Waals surface area contributed by atoms with E-state index in [0.29, 0.717) is 18.7 Å². The van der Waals surface area contributed by atoms with Gasteiger partial charge in [0.05, 0.1) is 33.6 Å². The van der Waals surface area contributed by atoms with Crippen LogP contribution >= 0.6 is 0 Å². The molecule has 0 spiro atoms. The van der Waals surface area contributed by atoms with Gasteiger partial charge in [-0.3, -0.25) is 24.0 Å². The van der Waals surface area contributed by atoms with Gasteiger partial charge >= 0.3 is 0 Å². The van der Waals surface area contributed by atoms with Crippen LogP contribution in [-0.2, 0) is 20.8 Å². The zero-order valence-electron chi connectivity index (χ0n) is 27.7. The molecule has 2 aromatic carbocycles. The molecule has 0 unspecified atom stereocenters. The molecule has 14 nitrogen and oxygen atoms in total. The second-order valence-corrected chi connectivity index (χ2v) is 11.2. The summed E-state index contributed by atoms with van der Waals surface area (Å²) in [5.74, 6) is -5.20. The number of hydrogen-bond donors (Lipinski definition) is 4. The molecule has 266 valence electrons. The first-order chi connectivity index (χ1) is 24.0. The van der Waals surface area contributed by atoms with E-state index in [0.717, 1.165) is 10.5 Å². The quantitative estimate of drug-likeness (QED) is 0.287. The summed E-state index contributed by atoms with van der Waals surface area (Å²) in [5, 5.41) is 10.6. The van der Waals surface area contributed by atoms with Gasteiger partial charge in [-0.1, -0.05) is 30.3 Å². The zero-order valence-corrected chi connectivity index (χ0v) is 27.7. The normalized spacial score (nSPS) is 18.3. The molecule has 2 atom stereocenters. The Balaban J connectivity index is 1.63. The number of halogens is 2. The Morgan fingerprint density at radius 2 is 1.66 bits per heavy atom. The van der Waals surface area contributed by atoms with Gasteiger partial charge in [-0.15, -0.1) is 0 Å². The molecule has 4 N–H and O–H groups in total. The highest BCUT2D eigenvalue weighted by atomic mass is 19.1. The highest BCUT2D eigenvalue weighted by Gasteiger charge is 2.28. The maximum Gasteiger partial charge on any atom is 0.276 e. The molecule has 2 aliphatic rings. The number of carbonyl (C=O) groups is 5. The number of fused-ring (bicyclic) bond motifs is 19. The Hall–Kier alpha value is -5.80. The van der Waals surface area contributed by atoms with Crippen LogP contribution in [0.1, 0.15) is 39.8 Å². The summed E-state index contributed by atoms with van der Waals surface area (Å²) in [5.41, 5.74) is 0.131. The third-order valence-corrected chi connectivity index (χ3v) is 7.58. The van der Waals surface area contributed by atoms with Crippen molar-refractivity contribution >= 4 is 29.5 Å². The summed E-state index contributed by atoms with van der Waals surface area (Å²) in [6.07, 6.45) is 1.05. The molecule has 2 bridgehead atoms. The van der Waals surface area contributed by atoms with Crippen molar-refractivity contribution in [1.29, 1.82) is 0 Å². The van der Waals surface area contributed by atoms with Crippen LogP contribution in [0.15, 0.2) is 54.7 Å². The van der Waals surface area contributed by atoms with Crippen molar-refractivity contribution < 1.29 is 47.0 Å². The van der Waals surface area contributed by atoms with E-state index in [-0.39, 0.29) is 55.5 Å². The van der Waals surface area contributed by atoms with Gasteiger partial charge in [0.15, 0.2) is 23.0 Å². The number of benzene rings is 2. The second-order valence-electron chi connectivity index (χ2n) is 11.2. The average molecular weight is 697 g/mol. The van der Waals surface area contributed by atoms with Crippen LogP contribution in [0.2, 0.25) is 0 Å². The van der Waals surface area contributed by atoms with Gasteiger partial charge < -0.3 is 40.4 Å². The van der Waals surface area contributed by atoms with Crippen LogP contribution in [0.25, 0.3) is 0 Å². The minimum Gasteiger partial charge on any atom is -0.493 e. The Labute approximate surface area is 286 Å². The first-order valence-corrected chi connectivity index (χ1v) is 15.7. The van der Waals surface area contributed by atoms with Crippen molar-refractivity contribution in [2.45, 2.75) is 31.8 Å². The van der Waals surface area contributed by atoms with E-state index < -0.39 is 65.5 Å². The number of carbonyl (C=O) groups excluding carboxylic acids is 5. The first-order valence-electron chi connectivity index (χ1n) is 15.7. The Kier molecular flexibility index (Phi) is 13.0. The van der Waals surface area contributed by atoms with E-state index in [1.54, 1.807) is 30.3 Å². The minimum atomic E-state index is -1.22. The van der Waals surface area contributed by atoms with E-state index >= 15 is 0 Å². The fraction of sp³-hybridized carbons (Fsp3) is 0.353. The van der Waals surface area contributed by atoms with E-state index in [1.165, 1.54) is 33.3 Å². The van der Waals surface area contributed by atoms with E-state index in [2.05, 4.69) is 26.3 Å². The molecule has 3 heterocycles. The molecule has 5 rings (SSSR count). The highest BCUT2D eigenvalue weighted by Crippen LogP contribution is 2.38. The van der Waals surface area contributed by atoms with E-state index in [4.69, 9.17) is 14.2 Å². The smallest absolute Gasteiger partial charge is 0.276 e. The summed E-state index contributed by atoms with van der Waals surface area (Å²) in [6, 6.07) is 9.98. The average Bonchev–Trinajstić information content (AvgIpc) is 3.10. The maximum absolute atomic E-state index is 14.5. The van der Waals surface area contributed by atoms with Crippen LogP contribution in [0, 0.1) is 11.6 Å². The van der Waals surface area contributed by atoms with Crippen LogP contribution in [0.4, 0.5) is 8.78 Å². The van der Waals surface area contributed by atoms with Gasteiger partial charge in [0.2, 0.25) is 23.5 Å². The molecule has 1 aromatic heterocycles. The molecule has 0 aliphatic carbocycles. The van der Waals surface area contributed by atoms with Crippen molar-refractivity contribution in [3.63, 3.8) is 0 Å². The highest BCUT2D eigenvalue weighted by molar-refractivity contribution is 5.99. The number of rotatable bonds is 5. The number of methoxy groups -OCH3 is 2. The summed E-state index contributed by atoms with van der Waals surface area (Å²) in [4.78, 5) is 70.7. The number of nitrogens with one attached hydrogen (secondary N) is 4. The van der Waals surface area contributed by atoms with Crippen LogP contribution < -0.4 is 35.5 Å². The maximum atomic E-state index is 14.5. The van der Waals surface area contributed by atoms with Gasteiger partial charge in [0.1, 0.15) is 17.9 Å². The number of ether oxygens (including phenoxy) is 3. The summed E-state index contributed by atoms with van der Waals surface area (Å²) >= 11 is 0. The molecule has 2 aliphatic heterocycles. The Morgan fingerprint density at radius 1 is 0.960 bits per heavy atom. The molecule has 0 saturated carbocycles. The summed E-state index contributed by atoms with van der Waals surface area (Å²) in [7, 11) is 2.75. The largest absolute Gasteiger partial charge is 0.493 e. The number of hydrogen-bond acceptors (Lipinski definition) is 9. The lowest BCUT2D eigenvalue weighted by molar-refractivity contribution is -0.129. The van der Waals surface area contributed by atoms with Crippen LogP contribution in [0.5, 0.6) is 17.2 Å². The van der Waals surface area contributed by atoms with Crippen LogP contribution in [0.3, 0.4) is 0 Å². The van der Waals surface area contributed by atoms with Gasteiger partial charge in [0, 0.05) is 37.7 Å². The number of aromatic nitrogens is 1. The predicted octanol–water partition coefficient (Wildman–Crippen LogP) is 1.38. The van der Waals surface area contributed by atoms with Crippen LogP contribution in [-0.4, -0.2) is 98.5 Å². The number of nitrogens with zero attached hydrogens (tertiary/aromatic N) is 2. The lowest BCUT2D eigenvalue weighted by Crippen LogP contribution is -2.54. The van der Waals surface area contributed by atoms with Gasteiger partial charge in [-0.25, -0.2) is 13.8 Å².